The quantitative estimate of drug-likeness (QED) is 0.555. The number of rotatable bonds is 3. The second-order valence-corrected chi connectivity index (χ2v) is 6.67. The van der Waals surface area contributed by atoms with Crippen molar-refractivity contribution in [2.75, 3.05) is 0 Å². The molecule has 2 heterocycles. The Morgan fingerprint density at radius 2 is 1.77 bits per heavy atom. The third-order valence-corrected chi connectivity index (χ3v) is 4.82. The number of fused-ring (bicyclic) bond motifs is 1. The molecule has 0 aliphatic heterocycles. The van der Waals surface area contributed by atoms with Crippen LogP contribution in [0.1, 0.15) is 16.8 Å². The van der Waals surface area contributed by atoms with Gasteiger partial charge in [-0.1, -0.05) is 59.9 Å². The molecule has 0 bridgehead atoms. The number of halogens is 1. The zero-order valence-electron chi connectivity index (χ0n) is 13.4. The first-order chi connectivity index (χ1) is 12.6. The molecular formula is C19H12FN3O2S. The van der Waals surface area contributed by atoms with E-state index in [-0.39, 0.29) is 21.6 Å². The number of hydrogen-bond acceptors (Lipinski definition) is 5. The predicted octanol–water partition coefficient (Wildman–Crippen LogP) is 1.79. The molecule has 0 unspecified atom stereocenters. The van der Waals surface area contributed by atoms with Gasteiger partial charge in [0, 0.05) is 12.0 Å². The molecule has 0 atom stereocenters. The first kappa shape index (κ1) is 16.3. The smallest absolute Gasteiger partial charge is 0.266 e. The van der Waals surface area contributed by atoms with Crippen molar-refractivity contribution < 1.29 is 4.39 Å². The molecule has 128 valence electrons. The Hall–Kier alpha value is -3.19. The summed E-state index contributed by atoms with van der Waals surface area (Å²) in [5.41, 5.74) is 0.506. The summed E-state index contributed by atoms with van der Waals surface area (Å²) < 4.78 is 15.2. The molecule has 0 fully saturated rings. The zero-order chi connectivity index (χ0) is 18.1. The van der Waals surface area contributed by atoms with Crippen LogP contribution in [0.25, 0.3) is 11.0 Å². The molecule has 4 rings (SSSR count). The number of nitrogens with zero attached hydrogens (tertiary/aromatic N) is 3. The predicted molar refractivity (Wildman–Crippen MR) is 97.8 cm³/mol. The molecule has 0 amide bonds. The third kappa shape index (κ3) is 3.04. The second kappa shape index (κ2) is 6.61. The lowest BCUT2D eigenvalue weighted by Crippen LogP contribution is -2.28. The molecule has 0 saturated heterocycles. The summed E-state index contributed by atoms with van der Waals surface area (Å²) in [6.07, 6.45) is 1.73. The van der Waals surface area contributed by atoms with Gasteiger partial charge in [-0.15, -0.1) is 0 Å². The molecule has 2 aromatic heterocycles. The van der Waals surface area contributed by atoms with Crippen LogP contribution in [0.2, 0.25) is 0 Å². The Morgan fingerprint density at radius 1 is 1.04 bits per heavy atom. The van der Waals surface area contributed by atoms with Crippen LogP contribution in [0.3, 0.4) is 0 Å². The zero-order valence-corrected chi connectivity index (χ0v) is 14.2. The highest BCUT2D eigenvalue weighted by Crippen LogP contribution is 2.08. The minimum absolute atomic E-state index is 0.194. The van der Waals surface area contributed by atoms with Gasteiger partial charge in [0.2, 0.25) is 4.96 Å². The minimum atomic E-state index is -0.465. The molecular weight excluding hydrogens is 353 g/mol. The van der Waals surface area contributed by atoms with E-state index in [9.17, 15) is 14.0 Å². The van der Waals surface area contributed by atoms with Crippen molar-refractivity contribution in [1.29, 1.82) is 0 Å². The Balaban J connectivity index is 1.85. The normalized spacial score (nSPS) is 12.0. The summed E-state index contributed by atoms with van der Waals surface area (Å²) in [7, 11) is 0. The van der Waals surface area contributed by atoms with Gasteiger partial charge in [-0.05, 0) is 17.7 Å². The van der Waals surface area contributed by atoms with E-state index in [0.29, 0.717) is 5.56 Å². The summed E-state index contributed by atoms with van der Waals surface area (Å²) in [6, 6.07) is 15.5. The van der Waals surface area contributed by atoms with Crippen LogP contribution in [0.5, 0.6) is 0 Å². The standard InChI is InChI=1S/C19H12FN3O2S/c20-14-9-5-4-8-13(14)11-16-18(25)23-19(26-16)21-17(24)15(22-23)10-12-6-2-1-3-7-12/h1-9,11H,10H2. The largest absolute Gasteiger partial charge is 0.296 e. The summed E-state index contributed by atoms with van der Waals surface area (Å²) in [6.45, 7) is 0. The highest BCUT2D eigenvalue weighted by molar-refractivity contribution is 7.15. The maximum absolute atomic E-state index is 13.8. The maximum Gasteiger partial charge on any atom is 0.296 e. The number of hydrogen-bond donors (Lipinski definition) is 0. The van der Waals surface area contributed by atoms with Gasteiger partial charge in [0.25, 0.3) is 11.1 Å². The van der Waals surface area contributed by atoms with Crippen molar-refractivity contribution in [2.24, 2.45) is 0 Å². The van der Waals surface area contributed by atoms with Gasteiger partial charge in [0.1, 0.15) is 11.5 Å². The first-order valence-corrected chi connectivity index (χ1v) is 8.66. The number of thiazole rings is 1. The Labute approximate surface area is 150 Å². The molecule has 0 spiro atoms. The molecule has 0 aliphatic carbocycles. The average Bonchev–Trinajstić information content (AvgIpc) is 2.93. The first-order valence-electron chi connectivity index (χ1n) is 7.85. The molecule has 5 nitrogen and oxygen atoms in total. The van der Waals surface area contributed by atoms with Crippen molar-refractivity contribution in [1.82, 2.24) is 14.6 Å². The average molecular weight is 365 g/mol. The van der Waals surface area contributed by atoms with Crippen LogP contribution in [-0.4, -0.2) is 14.6 Å². The van der Waals surface area contributed by atoms with Gasteiger partial charge in [-0.3, -0.25) is 9.59 Å². The van der Waals surface area contributed by atoms with Crippen molar-refractivity contribution >= 4 is 22.4 Å². The number of benzene rings is 2. The van der Waals surface area contributed by atoms with E-state index >= 15 is 0 Å². The van der Waals surface area contributed by atoms with Crippen LogP contribution in [0.15, 0.2) is 64.2 Å². The van der Waals surface area contributed by atoms with Gasteiger partial charge < -0.3 is 0 Å². The van der Waals surface area contributed by atoms with E-state index in [1.807, 2.05) is 30.3 Å². The van der Waals surface area contributed by atoms with E-state index in [1.165, 1.54) is 12.1 Å². The molecule has 7 heteroatoms. The Bertz CT molecular complexity index is 1270. The topological polar surface area (TPSA) is 64.3 Å². The molecule has 26 heavy (non-hydrogen) atoms. The van der Waals surface area contributed by atoms with Crippen molar-refractivity contribution in [3.63, 3.8) is 0 Å². The fourth-order valence-corrected chi connectivity index (χ4v) is 3.47. The van der Waals surface area contributed by atoms with Gasteiger partial charge in [-0.2, -0.15) is 14.6 Å². The van der Waals surface area contributed by atoms with Gasteiger partial charge >= 0.3 is 0 Å². The van der Waals surface area contributed by atoms with Crippen LogP contribution in [-0.2, 0) is 6.42 Å². The van der Waals surface area contributed by atoms with Crippen LogP contribution in [0.4, 0.5) is 4.39 Å². The van der Waals surface area contributed by atoms with Gasteiger partial charge in [-0.25, -0.2) is 4.39 Å². The highest BCUT2D eigenvalue weighted by Gasteiger charge is 2.12. The summed E-state index contributed by atoms with van der Waals surface area (Å²) >= 11 is 1.01. The summed E-state index contributed by atoms with van der Waals surface area (Å²) in [5, 5.41) is 4.18. The van der Waals surface area contributed by atoms with Crippen molar-refractivity contribution in [2.45, 2.75) is 6.42 Å². The molecule has 0 aliphatic rings. The van der Waals surface area contributed by atoms with Gasteiger partial charge in [0.05, 0.1) is 4.53 Å². The van der Waals surface area contributed by atoms with E-state index in [4.69, 9.17) is 0 Å². The van der Waals surface area contributed by atoms with E-state index < -0.39 is 16.9 Å². The third-order valence-electron chi connectivity index (χ3n) is 3.86. The molecule has 0 radical (unpaired) electrons. The highest BCUT2D eigenvalue weighted by atomic mass is 32.1. The SMILES string of the molecule is O=c1nc2sc(=Cc3ccccc3F)c(=O)n2nc1Cc1ccccc1. The Morgan fingerprint density at radius 3 is 2.54 bits per heavy atom. The van der Waals surface area contributed by atoms with Crippen LogP contribution < -0.4 is 15.7 Å². The lowest BCUT2D eigenvalue weighted by molar-refractivity contribution is 0.625. The minimum Gasteiger partial charge on any atom is -0.266 e. The van der Waals surface area contributed by atoms with Gasteiger partial charge in [0.15, 0.2) is 0 Å². The number of aromatic nitrogens is 3. The molecule has 2 aromatic carbocycles. The monoisotopic (exact) mass is 365 g/mol. The van der Waals surface area contributed by atoms with Crippen molar-refractivity contribution in [3.05, 3.63) is 102 Å². The summed E-state index contributed by atoms with van der Waals surface area (Å²) in [5.74, 6) is -0.426. The summed E-state index contributed by atoms with van der Waals surface area (Å²) in [4.78, 5) is 29.0. The van der Waals surface area contributed by atoms with E-state index in [0.717, 1.165) is 21.4 Å². The van der Waals surface area contributed by atoms with Crippen LogP contribution in [0, 0.1) is 5.82 Å². The molecule has 4 aromatic rings. The van der Waals surface area contributed by atoms with Crippen molar-refractivity contribution in [3.8, 4) is 0 Å². The fraction of sp³-hybridized carbons (Fsp3) is 0.0526. The maximum atomic E-state index is 13.8. The van der Waals surface area contributed by atoms with E-state index in [1.54, 1.807) is 18.2 Å². The lowest BCUT2D eigenvalue weighted by Gasteiger charge is -1.99. The fourth-order valence-electron chi connectivity index (χ4n) is 2.57. The lowest BCUT2D eigenvalue weighted by atomic mass is 10.1. The van der Waals surface area contributed by atoms with Crippen LogP contribution >= 0.6 is 11.3 Å². The van der Waals surface area contributed by atoms with E-state index in [2.05, 4.69) is 10.1 Å². The Kier molecular flexibility index (Phi) is 4.14. The second-order valence-electron chi connectivity index (χ2n) is 5.66. The molecule has 0 N–H and O–H groups in total. The molecule has 0 saturated carbocycles.